The van der Waals surface area contributed by atoms with Gasteiger partial charge in [0.25, 0.3) is 0 Å². The number of carbonyl (C=O) groups is 2. The molecule has 0 spiro atoms. The second-order valence-corrected chi connectivity index (χ2v) is 7.76. The number of rotatable bonds is 4. The van der Waals surface area contributed by atoms with Gasteiger partial charge in [0.1, 0.15) is 0 Å². The van der Waals surface area contributed by atoms with Crippen LogP contribution in [0.15, 0.2) is 28.7 Å². The Morgan fingerprint density at radius 1 is 1.04 bits per heavy atom. The lowest BCUT2D eigenvalue weighted by atomic mass is 9.77. The average Bonchev–Trinajstić information content (AvgIpc) is 3.34. The van der Waals surface area contributed by atoms with Gasteiger partial charge in [-0.25, -0.2) is 0 Å². The minimum absolute atomic E-state index is 0.210. The van der Waals surface area contributed by atoms with Crippen LogP contribution in [-0.2, 0) is 16.0 Å². The second-order valence-electron chi connectivity index (χ2n) is 6.85. The molecule has 1 aromatic carbocycles. The fourth-order valence-electron chi connectivity index (χ4n) is 3.34. The van der Waals surface area contributed by atoms with Gasteiger partial charge in [0.2, 0.25) is 0 Å². The molecule has 0 radical (unpaired) electrons. The molecule has 2 N–H and O–H groups in total. The molecule has 2 fully saturated rings. The van der Waals surface area contributed by atoms with Crippen LogP contribution in [0.1, 0.15) is 50.5 Å². The predicted molar refractivity (Wildman–Crippen MR) is 93.0 cm³/mol. The quantitative estimate of drug-likeness (QED) is 0.790. The van der Waals surface area contributed by atoms with Crippen molar-refractivity contribution in [3.05, 3.63) is 34.3 Å². The third-order valence-corrected chi connectivity index (χ3v) is 5.29. The normalized spacial score (nSPS) is 19.9. The summed E-state index contributed by atoms with van der Waals surface area (Å²) in [5, 5.41) is 5.84. The zero-order valence-corrected chi connectivity index (χ0v) is 14.8. The van der Waals surface area contributed by atoms with Gasteiger partial charge in [0, 0.05) is 16.1 Å². The Hall–Kier alpha value is -1.36. The van der Waals surface area contributed by atoms with Crippen LogP contribution in [0.5, 0.6) is 0 Å². The summed E-state index contributed by atoms with van der Waals surface area (Å²) >= 11 is 3.45. The molecule has 0 aromatic heterocycles. The van der Waals surface area contributed by atoms with Gasteiger partial charge in [-0.15, -0.1) is 0 Å². The number of benzene rings is 1. The maximum atomic E-state index is 12.3. The number of amides is 2. The second kappa shape index (κ2) is 7.04. The maximum absolute atomic E-state index is 12.3. The van der Waals surface area contributed by atoms with Crippen molar-refractivity contribution in [2.45, 2.75) is 62.9 Å². The highest BCUT2D eigenvalue weighted by molar-refractivity contribution is 9.10. The Kier molecular flexibility index (Phi) is 5.05. The van der Waals surface area contributed by atoms with E-state index in [4.69, 9.17) is 0 Å². The number of nitrogens with one attached hydrogen (secondary N) is 2. The van der Waals surface area contributed by atoms with Crippen molar-refractivity contribution in [2.75, 3.05) is 0 Å². The van der Waals surface area contributed by atoms with E-state index in [0.717, 1.165) is 49.4 Å². The Balaban J connectivity index is 1.69. The zero-order valence-electron chi connectivity index (χ0n) is 13.2. The van der Waals surface area contributed by atoms with E-state index >= 15 is 0 Å². The van der Waals surface area contributed by atoms with E-state index in [1.165, 1.54) is 12.0 Å². The zero-order chi connectivity index (χ0) is 16.3. The highest BCUT2D eigenvalue weighted by atomic mass is 79.9. The molecule has 5 heteroatoms. The van der Waals surface area contributed by atoms with Crippen LogP contribution in [-0.4, -0.2) is 23.4 Å². The molecule has 0 heterocycles. The molecule has 124 valence electrons. The Bertz CT molecular complexity index is 575. The molecule has 0 atom stereocenters. The van der Waals surface area contributed by atoms with E-state index in [0.29, 0.717) is 0 Å². The number of hydrogen-bond acceptors (Lipinski definition) is 2. The number of carbonyl (C=O) groups excluding carboxylic acids is 2. The van der Waals surface area contributed by atoms with Crippen LogP contribution in [0.2, 0.25) is 0 Å². The largest absolute Gasteiger partial charge is 0.345 e. The molecule has 0 unspecified atom stereocenters. The molecule has 0 saturated heterocycles. The number of halogens is 1. The van der Waals surface area contributed by atoms with Crippen LogP contribution < -0.4 is 10.6 Å². The molecule has 3 rings (SSSR count). The molecule has 2 aliphatic rings. The minimum atomic E-state index is -0.478. The predicted octanol–water partition coefficient (Wildman–Crippen LogP) is 3.09. The van der Waals surface area contributed by atoms with Gasteiger partial charge >= 0.3 is 11.8 Å². The van der Waals surface area contributed by atoms with E-state index in [2.05, 4.69) is 38.7 Å². The smallest absolute Gasteiger partial charge is 0.309 e. The van der Waals surface area contributed by atoms with E-state index in [9.17, 15) is 9.59 Å². The molecule has 2 aliphatic carbocycles. The van der Waals surface area contributed by atoms with E-state index in [1.807, 2.05) is 12.1 Å². The fourth-order valence-corrected chi connectivity index (χ4v) is 3.61. The molecule has 1 aromatic rings. The molecule has 23 heavy (non-hydrogen) atoms. The van der Waals surface area contributed by atoms with Gasteiger partial charge in [0.05, 0.1) is 0 Å². The summed E-state index contributed by atoms with van der Waals surface area (Å²) in [6.45, 7) is 0. The van der Waals surface area contributed by atoms with E-state index in [-0.39, 0.29) is 11.6 Å². The fraction of sp³-hybridized carbons (Fsp3) is 0.556. The van der Waals surface area contributed by atoms with Crippen LogP contribution >= 0.6 is 15.9 Å². The van der Waals surface area contributed by atoms with Gasteiger partial charge in [-0.2, -0.15) is 0 Å². The Morgan fingerprint density at radius 2 is 1.70 bits per heavy atom. The van der Waals surface area contributed by atoms with Crippen LogP contribution in [0.4, 0.5) is 0 Å². The first-order valence-corrected chi connectivity index (χ1v) is 9.23. The van der Waals surface area contributed by atoms with Gasteiger partial charge < -0.3 is 10.6 Å². The summed E-state index contributed by atoms with van der Waals surface area (Å²) in [5.41, 5.74) is 0.905. The van der Waals surface area contributed by atoms with Crippen LogP contribution in [0, 0.1) is 0 Å². The van der Waals surface area contributed by atoms with Crippen molar-refractivity contribution in [2.24, 2.45) is 0 Å². The molecule has 2 saturated carbocycles. The molecular weight excluding hydrogens is 356 g/mol. The molecule has 0 aliphatic heterocycles. The van der Waals surface area contributed by atoms with Crippen LogP contribution in [0.3, 0.4) is 0 Å². The van der Waals surface area contributed by atoms with Gasteiger partial charge in [-0.05, 0) is 49.8 Å². The van der Waals surface area contributed by atoms with Gasteiger partial charge in [-0.3, -0.25) is 9.59 Å². The number of hydrogen-bond donors (Lipinski definition) is 2. The Morgan fingerprint density at radius 3 is 2.30 bits per heavy atom. The third kappa shape index (κ3) is 4.56. The van der Waals surface area contributed by atoms with Crippen molar-refractivity contribution >= 4 is 27.7 Å². The van der Waals surface area contributed by atoms with Crippen molar-refractivity contribution in [1.29, 1.82) is 0 Å². The van der Waals surface area contributed by atoms with E-state index in [1.54, 1.807) is 0 Å². The van der Waals surface area contributed by atoms with E-state index < -0.39 is 11.8 Å². The average molecular weight is 379 g/mol. The monoisotopic (exact) mass is 378 g/mol. The van der Waals surface area contributed by atoms with Gasteiger partial charge in [0.15, 0.2) is 0 Å². The third-order valence-electron chi connectivity index (χ3n) is 4.76. The first kappa shape index (κ1) is 16.5. The summed E-state index contributed by atoms with van der Waals surface area (Å²) in [6, 6.07) is 8.41. The standard InChI is InChI=1S/C18H23BrN2O2/c19-14-6-4-13(5-7-14)12-18(10-2-1-3-11-18)21-17(23)16(22)20-15-8-9-15/h4-7,15H,1-3,8-12H2,(H,20,22)(H,21,23). The highest BCUT2D eigenvalue weighted by Crippen LogP contribution is 2.32. The summed E-state index contributed by atoms with van der Waals surface area (Å²) in [4.78, 5) is 24.3. The first-order valence-electron chi connectivity index (χ1n) is 8.44. The molecular formula is C18H23BrN2O2. The lowest BCUT2D eigenvalue weighted by molar-refractivity contribution is -0.140. The maximum Gasteiger partial charge on any atom is 0.309 e. The van der Waals surface area contributed by atoms with Crippen molar-refractivity contribution in [3.63, 3.8) is 0 Å². The lowest BCUT2D eigenvalue weighted by Crippen LogP contribution is -2.55. The highest BCUT2D eigenvalue weighted by Gasteiger charge is 2.36. The first-order chi connectivity index (χ1) is 11.1. The van der Waals surface area contributed by atoms with Crippen molar-refractivity contribution in [1.82, 2.24) is 10.6 Å². The molecule has 2 amide bonds. The van der Waals surface area contributed by atoms with Crippen molar-refractivity contribution in [3.8, 4) is 0 Å². The SMILES string of the molecule is O=C(NC1CC1)C(=O)NC1(Cc2ccc(Br)cc2)CCCCC1. The summed E-state index contributed by atoms with van der Waals surface area (Å²) in [7, 11) is 0. The summed E-state index contributed by atoms with van der Waals surface area (Å²) in [5.74, 6) is -0.954. The minimum Gasteiger partial charge on any atom is -0.345 e. The van der Waals surface area contributed by atoms with Crippen LogP contribution in [0.25, 0.3) is 0 Å². The topological polar surface area (TPSA) is 58.2 Å². The van der Waals surface area contributed by atoms with Crippen molar-refractivity contribution < 1.29 is 9.59 Å². The summed E-state index contributed by atoms with van der Waals surface area (Å²) < 4.78 is 1.05. The molecule has 4 nitrogen and oxygen atoms in total. The Labute approximate surface area is 145 Å². The lowest BCUT2D eigenvalue weighted by Gasteiger charge is -2.38. The van der Waals surface area contributed by atoms with Gasteiger partial charge in [-0.1, -0.05) is 47.3 Å². The molecule has 0 bridgehead atoms. The summed E-state index contributed by atoms with van der Waals surface area (Å²) in [6.07, 6.45) is 8.03.